The topological polar surface area (TPSA) is 74.9 Å². The minimum atomic E-state index is -0.726. The van der Waals surface area contributed by atoms with Crippen LogP contribution in [0.5, 0.6) is 0 Å². The summed E-state index contributed by atoms with van der Waals surface area (Å²) in [5, 5.41) is 18.1. The maximum Gasteiger partial charge on any atom is 0.194 e. The number of hydrogen-bond acceptors (Lipinski definition) is 4. The number of rotatable bonds is 6. The first-order valence-corrected chi connectivity index (χ1v) is 8.87. The highest BCUT2D eigenvalue weighted by Gasteiger charge is 2.27. The Balaban J connectivity index is 0.00000312. The Morgan fingerprint density at radius 2 is 2.16 bits per heavy atom. The van der Waals surface area contributed by atoms with Gasteiger partial charge in [-0.3, -0.25) is 9.67 Å². The van der Waals surface area contributed by atoms with E-state index in [4.69, 9.17) is 4.74 Å². The van der Waals surface area contributed by atoms with Crippen LogP contribution in [-0.2, 0) is 11.8 Å². The summed E-state index contributed by atoms with van der Waals surface area (Å²) in [5.41, 5.74) is 0.354. The molecule has 2 rings (SSSR count). The Labute approximate surface area is 167 Å². The Hall–Kier alpha value is -0.870. The zero-order valence-electron chi connectivity index (χ0n) is 15.7. The van der Waals surface area contributed by atoms with Crippen molar-refractivity contribution < 1.29 is 9.84 Å². The van der Waals surface area contributed by atoms with E-state index in [1.165, 1.54) is 0 Å². The first-order chi connectivity index (χ1) is 11.5. The number of nitrogens with one attached hydrogen (secondary N) is 1. The predicted octanol–water partition coefficient (Wildman–Crippen LogP) is 1.93. The lowest BCUT2D eigenvalue weighted by molar-refractivity contribution is -0.00844. The molecule has 25 heavy (non-hydrogen) atoms. The third kappa shape index (κ3) is 6.10. The molecule has 0 bridgehead atoms. The molecule has 2 heterocycles. The highest BCUT2D eigenvalue weighted by Crippen LogP contribution is 2.22. The van der Waals surface area contributed by atoms with Crippen LogP contribution in [0.4, 0.5) is 0 Å². The summed E-state index contributed by atoms with van der Waals surface area (Å²) in [6.07, 6.45) is 5.24. The maximum absolute atomic E-state index is 10.5. The molecule has 0 aliphatic carbocycles. The Morgan fingerprint density at radius 1 is 1.44 bits per heavy atom. The number of halogens is 1. The van der Waals surface area contributed by atoms with Gasteiger partial charge in [0.05, 0.1) is 31.5 Å². The average molecular weight is 465 g/mol. The summed E-state index contributed by atoms with van der Waals surface area (Å²) in [4.78, 5) is 6.89. The molecule has 2 N–H and O–H groups in total. The second-order valence-electron chi connectivity index (χ2n) is 6.35. The van der Waals surface area contributed by atoms with Gasteiger partial charge in [0.1, 0.15) is 6.10 Å². The van der Waals surface area contributed by atoms with Gasteiger partial charge < -0.3 is 20.1 Å². The normalized spacial score (nSPS) is 18.8. The number of morpholine rings is 1. The van der Waals surface area contributed by atoms with Gasteiger partial charge in [-0.15, -0.1) is 24.0 Å². The van der Waals surface area contributed by atoms with E-state index in [2.05, 4.69) is 27.2 Å². The molecule has 0 saturated carbocycles. The van der Waals surface area contributed by atoms with E-state index < -0.39 is 5.60 Å². The lowest BCUT2D eigenvalue weighted by atomic mass is 9.98. The second kappa shape index (κ2) is 10.3. The van der Waals surface area contributed by atoms with Gasteiger partial charge in [0.2, 0.25) is 0 Å². The summed E-state index contributed by atoms with van der Waals surface area (Å²) >= 11 is 0. The number of hydrogen-bond donors (Lipinski definition) is 2. The van der Waals surface area contributed by atoms with Crippen molar-refractivity contribution in [2.24, 2.45) is 12.0 Å². The summed E-state index contributed by atoms with van der Waals surface area (Å²) in [7, 11) is 1.91. The van der Waals surface area contributed by atoms with Gasteiger partial charge >= 0.3 is 0 Å². The molecule has 1 unspecified atom stereocenters. The van der Waals surface area contributed by atoms with E-state index in [-0.39, 0.29) is 30.1 Å². The third-order valence-corrected chi connectivity index (χ3v) is 4.64. The van der Waals surface area contributed by atoms with Crippen LogP contribution in [0.1, 0.15) is 45.3 Å². The maximum atomic E-state index is 10.5. The molecule has 0 aromatic carbocycles. The number of ether oxygens (including phenoxy) is 1. The van der Waals surface area contributed by atoms with Crippen molar-refractivity contribution in [2.45, 2.75) is 45.3 Å². The molecule has 0 radical (unpaired) electrons. The standard InChI is InChI=1S/C17H31N5O2.HI/c1-5-17(23,6-2)13-19-16(18-7-3)22-8-9-24-15(12-22)14-10-20-21(4)11-14;/h10-11,15,23H,5-9,12-13H2,1-4H3,(H,18,19);1H. The zero-order chi connectivity index (χ0) is 17.6. The van der Waals surface area contributed by atoms with Crippen LogP contribution in [0.3, 0.4) is 0 Å². The van der Waals surface area contributed by atoms with Crippen LogP contribution >= 0.6 is 24.0 Å². The molecular formula is C17H32IN5O2. The van der Waals surface area contributed by atoms with Gasteiger partial charge in [0.25, 0.3) is 0 Å². The zero-order valence-corrected chi connectivity index (χ0v) is 18.1. The molecule has 8 heteroatoms. The molecular weight excluding hydrogens is 433 g/mol. The highest BCUT2D eigenvalue weighted by molar-refractivity contribution is 14.0. The number of aryl methyl sites for hydroxylation is 1. The van der Waals surface area contributed by atoms with Gasteiger partial charge in [-0.05, 0) is 19.8 Å². The van der Waals surface area contributed by atoms with Crippen LogP contribution in [0.2, 0.25) is 0 Å². The minimum Gasteiger partial charge on any atom is -0.388 e. The van der Waals surface area contributed by atoms with Crippen molar-refractivity contribution in [3.8, 4) is 0 Å². The molecule has 1 atom stereocenters. The van der Waals surface area contributed by atoms with E-state index in [1.807, 2.05) is 33.3 Å². The molecule has 1 fully saturated rings. The predicted molar refractivity (Wildman–Crippen MR) is 110 cm³/mol. The van der Waals surface area contributed by atoms with Gasteiger partial charge in [-0.1, -0.05) is 13.8 Å². The molecule has 1 aliphatic heterocycles. The minimum absolute atomic E-state index is 0. The molecule has 1 aromatic rings. The fraction of sp³-hybridized carbons (Fsp3) is 0.765. The van der Waals surface area contributed by atoms with E-state index >= 15 is 0 Å². The fourth-order valence-corrected chi connectivity index (χ4v) is 2.77. The highest BCUT2D eigenvalue weighted by atomic mass is 127. The first-order valence-electron chi connectivity index (χ1n) is 8.87. The van der Waals surface area contributed by atoms with Crippen LogP contribution < -0.4 is 5.32 Å². The average Bonchev–Trinajstić information content (AvgIpc) is 3.05. The summed E-state index contributed by atoms with van der Waals surface area (Å²) in [6.45, 7) is 9.43. The molecule has 144 valence electrons. The van der Waals surface area contributed by atoms with Crippen LogP contribution in [0.15, 0.2) is 17.4 Å². The van der Waals surface area contributed by atoms with Crippen molar-refractivity contribution in [2.75, 3.05) is 32.8 Å². The van der Waals surface area contributed by atoms with Gasteiger partial charge in [0.15, 0.2) is 5.96 Å². The van der Waals surface area contributed by atoms with Gasteiger partial charge in [-0.2, -0.15) is 5.10 Å². The van der Waals surface area contributed by atoms with Crippen LogP contribution in [0.25, 0.3) is 0 Å². The first kappa shape index (κ1) is 22.2. The summed E-state index contributed by atoms with van der Waals surface area (Å²) in [6, 6.07) is 0. The number of aliphatic imine (C=N–C) groups is 1. The molecule has 1 aromatic heterocycles. The third-order valence-electron chi connectivity index (χ3n) is 4.64. The van der Waals surface area contributed by atoms with E-state index in [0.717, 1.165) is 31.2 Å². The Bertz CT molecular complexity index is 545. The molecule has 1 saturated heterocycles. The number of aromatic nitrogens is 2. The fourth-order valence-electron chi connectivity index (χ4n) is 2.77. The Kier molecular flexibility index (Phi) is 9.15. The van der Waals surface area contributed by atoms with Crippen molar-refractivity contribution >= 4 is 29.9 Å². The van der Waals surface area contributed by atoms with Gasteiger partial charge in [0, 0.05) is 31.9 Å². The van der Waals surface area contributed by atoms with E-state index in [1.54, 1.807) is 4.68 Å². The van der Waals surface area contributed by atoms with Crippen molar-refractivity contribution in [1.29, 1.82) is 0 Å². The van der Waals surface area contributed by atoms with Crippen molar-refractivity contribution in [3.63, 3.8) is 0 Å². The van der Waals surface area contributed by atoms with Crippen molar-refractivity contribution in [1.82, 2.24) is 20.0 Å². The lowest BCUT2D eigenvalue weighted by Crippen LogP contribution is -2.48. The SMILES string of the molecule is CCNC(=NCC(O)(CC)CC)N1CCOC(c2cnn(C)c2)C1.I. The van der Waals surface area contributed by atoms with Crippen molar-refractivity contribution in [3.05, 3.63) is 18.0 Å². The quantitative estimate of drug-likeness (QED) is 0.382. The number of guanidine groups is 1. The Morgan fingerprint density at radius 3 is 2.72 bits per heavy atom. The molecule has 7 nitrogen and oxygen atoms in total. The van der Waals surface area contributed by atoms with Gasteiger partial charge in [-0.25, -0.2) is 0 Å². The largest absolute Gasteiger partial charge is 0.388 e. The monoisotopic (exact) mass is 465 g/mol. The lowest BCUT2D eigenvalue weighted by Gasteiger charge is -2.35. The smallest absolute Gasteiger partial charge is 0.194 e. The summed E-state index contributed by atoms with van der Waals surface area (Å²) in [5.74, 6) is 0.843. The molecule has 0 spiro atoms. The molecule has 0 amide bonds. The van der Waals surface area contributed by atoms with Crippen LogP contribution in [-0.4, -0.2) is 64.1 Å². The van der Waals surface area contributed by atoms with E-state index in [0.29, 0.717) is 26.0 Å². The molecule has 1 aliphatic rings. The number of aliphatic hydroxyl groups is 1. The summed E-state index contributed by atoms with van der Waals surface area (Å²) < 4.78 is 7.69. The number of nitrogens with zero attached hydrogens (tertiary/aromatic N) is 4. The second-order valence-corrected chi connectivity index (χ2v) is 6.35. The van der Waals surface area contributed by atoms with Crippen LogP contribution in [0, 0.1) is 0 Å². The van der Waals surface area contributed by atoms with E-state index in [9.17, 15) is 5.11 Å².